The first kappa shape index (κ1) is 17.6. The molecule has 0 aromatic heterocycles. The molecule has 3 N–H and O–H groups in total. The number of carbonyl (C=O) groups is 3. The summed E-state index contributed by atoms with van der Waals surface area (Å²) in [5.41, 5.74) is 7.22. The molecule has 2 unspecified atom stereocenters. The van der Waals surface area contributed by atoms with Crippen molar-refractivity contribution in [2.75, 3.05) is 5.32 Å². The fourth-order valence-corrected chi connectivity index (χ4v) is 3.76. The molecule has 1 saturated carbocycles. The number of imide groups is 1. The van der Waals surface area contributed by atoms with E-state index in [4.69, 9.17) is 5.73 Å². The molecule has 1 aliphatic carbocycles. The van der Waals surface area contributed by atoms with Crippen molar-refractivity contribution in [2.24, 2.45) is 11.7 Å². The van der Waals surface area contributed by atoms with E-state index in [1.54, 1.807) is 6.07 Å². The maximum absolute atomic E-state index is 12.8. The van der Waals surface area contributed by atoms with E-state index in [2.05, 4.69) is 5.32 Å². The molecule has 2 atom stereocenters. The van der Waals surface area contributed by atoms with E-state index >= 15 is 0 Å². The highest BCUT2D eigenvalue weighted by Gasteiger charge is 2.38. The highest BCUT2D eigenvalue weighted by Crippen LogP contribution is 2.33. The average Bonchev–Trinajstić information content (AvgIpc) is 2.88. The first-order valence-electron chi connectivity index (χ1n) is 8.89. The molecule has 6 heteroatoms. The van der Waals surface area contributed by atoms with Crippen molar-refractivity contribution >= 4 is 23.4 Å². The van der Waals surface area contributed by atoms with Gasteiger partial charge >= 0.3 is 0 Å². The smallest absolute Gasteiger partial charge is 0.229 e. The summed E-state index contributed by atoms with van der Waals surface area (Å²) in [5, 5.41) is 2.97. The van der Waals surface area contributed by atoms with Gasteiger partial charge in [0.1, 0.15) is 0 Å². The molecule has 0 spiro atoms. The van der Waals surface area contributed by atoms with Crippen LogP contribution in [0.5, 0.6) is 0 Å². The predicted octanol–water partition coefficient (Wildman–Crippen LogP) is 2.18. The second-order valence-electron chi connectivity index (χ2n) is 7.32. The summed E-state index contributed by atoms with van der Waals surface area (Å²) in [5.74, 6) is -0.638. The number of nitrogens with two attached hydrogens (primary N) is 1. The Morgan fingerprint density at radius 3 is 2.60 bits per heavy atom. The van der Waals surface area contributed by atoms with Gasteiger partial charge in [0.15, 0.2) is 0 Å². The van der Waals surface area contributed by atoms with E-state index in [0.29, 0.717) is 5.69 Å². The second-order valence-corrected chi connectivity index (χ2v) is 7.32. The number of nitrogens with one attached hydrogen (secondary N) is 1. The molecule has 0 bridgehead atoms. The number of hydrogen-bond donors (Lipinski definition) is 2. The lowest BCUT2D eigenvalue weighted by molar-refractivity contribution is -0.139. The summed E-state index contributed by atoms with van der Waals surface area (Å²) in [4.78, 5) is 37.7. The number of rotatable bonds is 4. The van der Waals surface area contributed by atoms with Gasteiger partial charge in [0.05, 0.1) is 12.5 Å². The topological polar surface area (TPSA) is 92.5 Å². The van der Waals surface area contributed by atoms with E-state index in [0.717, 1.165) is 31.2 Å². The zero-order chi connectivity index (χ0) is 18.0. The maximum Gasteiger partial charge on any atom is 0.229 e. The first-order valence-corrected chi connectivity index (χ1v) is 8.89. The Hall–Kier alpha value is -2.21. The van der Waals surface area contributed by atoms with Crippen LogP contribution in [0.1, 0.15) is 51.0 Å². The number of carbonyl (C=O) groups excluding carboxylic acids is 3. The van der Waals surface area contributed by atoms with Crippen molar-refractivity contribution in [3.8, 4) is 0 Å². The van der Waals surface area contributed by atoms with Gasteiger partial charge in [-0.1, -0.05) is 31.0 Å². The molecule has 0 radical (unpaired) electrons. The van der Waals surface area contributed by atoms with Crippen molar-refractivity contribution in [3.63, 3.8) is 0 Å². The van der Waals surface area contributed by atoms with Crippen molar-refractivity contribution in [1.29, 1.82) is 0 Å². The molecule has 1 saturated heterocycles. The molecule has 1 heterocycles. The largest absolute Gasteiger partial charge is 0.325 e. The summed E-state index contributed by atoms with van der Waals surface area (Å²) >= 11 is 0. The van der Waals surface area contributed by atoms with Gasteiger partial charge in [-0.25, -0.2) is 0 Å². The molecule has 1 aliphatic heterocycles. The number of para-hydroxylation sites is 1. The molecule has 6 nitrogen and oxygen atoms in total. The van der Waals surface area contributed by atoms with E-state index in [1.165, 1.54) is 4.90 Å². The fraction of sp³-hybridized carbons (Fsp3) is 0.526. The van der Waals surface area contributed by atoms with Gasteiger partial charge in [0.25, 0.3) is 0 Å². The third-order valence-electron chi connectivity index (χ3n) is 5.33. The van der Waals surface area contributed by atoms with Crippen molar-refractivity contribution in [2.45, 2.75) is 57.5 Å². The van der Waals surface area contributed by atoms with E-state index < -0.39 is 5.54 Å². The van der Waals surface area contributed by atoms with Crippen molar-refractivity contribution in [1.82, 2.24) is 4.90 Å². The predicted molar refractivity (Wildman–Crippen MR) is 94.4 cm³/mol. The normalized spacial score (nSPS) is 26.8. The fourth-order valence-electron chi connectivity index (χ4n) is 3.76. The number of hydrogen-bond acceptors (Lipinski definition) is 4. The molecule has 2 fully saturated rings. The monoisotopic (exact) mass is 343 g/mol. The van der Waals surface area contributed by atoms with Crippen LogP contribution >= 0.6 is 0 Å². The van der Waals surface area contributed by atoms with Gasteiger partial charge < -0.3 is 11.1 Å². The molecule has 3 rings (SSSR count). The van der Waals surface area contributed by atoms with Crippen molar-refractivity contribution < 1.29 is 14.4 Å². The Labute approximate surface area is 147 Å². The van der Waals surface area contributed by atoms with Crippen LogP contribution in [0.2, 0.25) is 0 Å². The molecule has 2 aliphatic rings. The quantitative estimate of drug-likeness (QED) is 0.820. The minimum Gasteiger partial charge on any atom is -0.325 e. The van der Waals surface area contributed by atoms with Crippen LogP contribution in [0.4, 0.5) is 5.69 Å². The van der Waals surface area contributed by atoms with E-state index in [9.17, 15) is 14.4 Å². The number of anilines is 1. The van der Waals surface area contributed by atoms with Gasteiger partial charge in [-0.2, -0.15) is 0 Å². The SMILES string of the molecule is CC1(N)CCCCC1C(=O)Nc1ccccc1CN1C(=O)CCC1=O. The molecule has 1 aromatic carbocycles. The van der Waals surface area contributed by atoms with Gasteiger partial charge in [-0.15, -0.1) is 0 Å². The molecule has 3 amide bonds. The first-order chi connectivity index (χ1) is 11.9. The summed E-state index contributed by atoms with van der Waals surface area (Å²) in [6.45, 7) is 2.13. The Bertz CT molecular complexity index is 683. The number of benzene rings is 1. The number of nitrogens with zero attached hydrogens (tertiary/aromatic N) is 1. The molecular weight excluding hydrogens is 318 g/mol. The second kappa shape index (κ2) is 6.96. The van der Waals surface area contributed by atoms with Crippen LogP contribution in [0.3, 0.4) is 0 Å². The lowest BCUT2D eigenvalue weighted by Crippen LogP contribution is -2.51. The summed E-state index contributed by atoms with van der Waals surface area (Å²) in [7, 11) is 0. The highest BCUT2D eigenvalue weighted by molar-refractivity contribution is 6.02. The lowest BCUT2D eigenvalue weighted by Gasteiger charge is -2.37. The zero-order valence-corrected chi connectivity index (χ0v) is 14.6. The van der Waals surface area contributed by atoms with E-state index in [1.807, 2.05) is 25.1 Å². The molecule has 25 heavy (non-hydrogen) atoms. The van der Waals surface area contributed by atoms with Crippen LogP contribution in [0, 0.1) is 5.92 Å². The number of likely N-dealkylation sites (tertiary alicyclic amines) is 1. The number of amides is 3. The standard InChI is InChI=1S/C19H25N3O3/c1-19(20)11-5-4-7-14(19)18(25)21-15-8-3-2-6-13(15)12-22-16(23)9-10-17(22)24/h2-3,6,8,14H,4-5,7,9-12,20H2,1H3,(H,21,25). The molecule has 1 aromatic rings. The van der Waals surface area contributed by atoms with Crippen molar-refractivity contribution in [3.05, 3.63) is 29.8 Å². The lowest BCUT2D eigenvalue weighted by atomic mass is 9.74. The summed E-state index contributed by atoms with van der Waals surface area (Å²) in [6.07, 6.45) is 4.20. The maximum atomic E-state index is 12.8. The van der Waals surface area contributed by atoms with Gasteiger partial charge in [-0.05, 0) is 31.4 Å². The Kier molecular flexibility index (Phi) is 4.90. The summed E-state index contributed by atoms with van der Waals surface area (Å²) in [6, 6.07) is 7.30. The minimum atomic E-state index is -0.502. The van der Waals surface area contributed by atoms with Crippen LogP contribution < -0.4 is 11.1 Å². The summed E-state index contributed by atoms with van der Waals surface area (Å²) < 4.78 is 0. The Balaban J connectivity index is 1.76. The Morgan fingerprint density at radius 2 is 1.92 bits per heavy atom. The van der Waals surface area contributed by atoms with Crippen LogP contribution in [0.25, 0.3) is 0 Å². The third-order valence-corrected chi connectivity index (χ3v) is 5.33. The third kappa shape index (κ3) is 3.74. The van der Waals surface area contributed by atoms with Gasteiger partial charge in [0, 0.05) is 24.1 Å². The zero-order valence-electron chi connectivity index (χ0n) is 14.6. The highest BCUT2D eigenvalue weighted by atomic mass is 16.2. The van der Waals surface area contributed by atoms with Gasteiger partial charge in [0.2, 0.25) is 17.7 Å². The van der Waals surface area contributed by atoms with Gasteiger partial charge in [-0.3, -0.25) is 19.3 Å². The Morgan fingerprint density at radius 1 is 1.24 bits per heavy atom. The van der Waals surface area contributed by atoms with Crippen LogP contribution in [0.15, 0.2) is 24.3 Å². The molecular formula is C19H25N3O3. The van der Waals surface area contributed by atoms with Crippen LogP contribution in [-0.4, -0.2) is 28.2 Å². The molecule has 134 valence electrons. The van der Waals surface area contributed by atoms with Crippen LogP contribution in [-0.2, 0) is 20.9 Å². The minimum absolute atomic E-state index is 0.0868. The average molecular weight is 343 g/mol. The van der Waals surface area contributed by atoms with E-state index in [-0.39, 0.29) is 43.0 Å².